The number of hydrogen-bond acceptors (Lipinski definition) is 2. The Morgan fingerprint density at radius 2 is 1.71 bits per heavy atom. The lowest BCUT2D eigenvalue weighted by molar-refractivity contribution is -0.130. The second-order valence-electron chi connectivity index (χ2n) is 5.82. The first-order chi connectivity index (χ1) is 11.5. The minimum atomic E-state index is -0.238. The largest absolute Gasteiger partial charge is 0.349 e. The molecule has 0 aliphatic heterocycles. The van der Waals surface area contributed by atoms with E-state index in [1.165, 1.54) is 0 Å². The van der Waals surface area contributed by atoms with E-state index in [0.717, 1.165) is 5.56 Å². The molecule has 0 bridgehead atoms. The minimum absolute atomic E-state index is 0.0224. The first kappa shape index (κ1) is 18.0. The standard InChI is InChI=1S/C19H21ClN2O2/c1-14(21-19(24)16-6-4-3-5-7-16)12-18(23)22(2)13-15-8-10-17(20)11-9-15/h3-11,14H,12-13H2,1-2H3,(H,21,24). The highest BCUT2D eigenvalue weighted by Gasteiger charge is 2.16. The lowest BCUT2D eigenvalue weighted by Crippen LogP contribution is -2.37. The second-order valence-corrected chi connectivity index (χ2v) is 6.26. The van der Waals surface area contributed by atoms with Gasteiger partial charge in [0.25, 0.3) is 5.91 Å². The highest BCUT2D eigenvalue weighted by atomic mass is 35.5. The molecule has 5 heteroatoms. The fourth-order valence-electron chi connectivity index (χ4n) is 2.32. The summed E-state index contributed by atoms with van der Waals surface area (Å²) >= 11 is 5.86. The monoisotopic (exact) mass is 344 g/mol. The SMILES string of the molecule is CC(CC(=O)N(C)Cc1ccc(Cl)cc1)NC(=O)c1ccccc1. The van der Waals surface area contributed by atoms with E-state index >= 15 is 0 Å². The molecule has 1 N–H and O–H groups in total. The molecule has 24 heavy (non-hydrogen) atoms. The van der Waals surface area contributed by atoms with E-state index in [0.29, 0.717) is 17.1 Å². The molecule has 0 radical (unpaired) electrons. The summed E-state index contributed by atoms with van der Waals surface area (Å²) in [5, 5.41) is 3.52. The third-order valence-corrected chi connectivity index (χ3v) is 3.91. The highest BCUT2D eigenvalue weighted by molar-refractivity contribution is 6.30. The van der Waals surface area contributed by atoms with Gasteiger partial charge in [-0.25, -0.2) is 0 Å². The Kier molecular flexibility index (Phi) is 6.38. The average Bonchev–Trinajstić information content (AvgIpc) is 2.57. The summed E-state index contributed by atoms with van der Waals surface area (Å²) in [7, 11) is 1.75. The quantitative estimate of drug-likeness (QED) is 0.871. The number of rotatable bonds is 6. The molecule has 0 aliphatic rings. The smallest absolute Gasteiger partial charge is 0.251 e. The van der Waals surface area contributed by atoms with Crippen molar-refractivity contribution in [1.29, 1.82) is 0 Å². The maximum atomic E-state index is 12.3. The average molecular weight is 345 g/mol. The van der Waals surface area contributed by atoms with Gasteiger partial charge in [-0.05, 0) is 36.8 Å². The van der Waals surface area contributed by atoms with Gasteiger partial charge in [-0.1, -0.05) is 41.9 Å². The van der Waals surface area contributed by atoms with Crippen LogP contribution in [-0.2, 0) is 11.3 Å². The van der Waals surface area contributed by atoms with Crippen LogP contribution in [0.4, 0.5) is 0 Å². The molecule has 2 amide bonds. The number of benzene rings is 2. The van der Waals surface area contributed by atoms with E-state index in [9.17, 15) is 9.59 Å². The number of carbonyl (C=O) groups is 2. The van der Waals surface area contributed by atoms with Crippen LogP contribution >= 0.6 is 11.6 Å². The van der Waals surface area contributed by atoms with E-state index in [1.807, 2.05) is 37.3 Å². The molecular formula is C19H21ClN2O2. The van der Waals surface area contributed by atoms with Gasteiger partial charge in [-0.3, -0.25) is 9.59 Å². The van der Waals surface area contributed by atoms with Crippen molar-refractivity contribution in [3.05, 3.63) is 70.7 Å². The van der Waals surface area contributed by atoms with Gasteiger partial charge >= 0.3 is 0 Å². The number of amides is 2. The van der Waals surface area contributed by atoms with Crippen molar-refractivity contribution in [2.75, 3.05) is 7.05 Å². The van der Waals surface area contributed by atoms with Gasteiger partial charge < -0.3 is 10.2 Å². The molecule has 1 unspecified atom stereocenters. The van der Waals surface area contributed by atoms with Crippen LogP contribution in [0.5, 0.6) is 0 Å². The summed E-state index contributed by atoms with van der Waals surface area (Å²) in [4.78, 5) is 26.0. The Bertz CT molecular complexity index is 686. The summed E-state index contributed by atoms with van der Waals surface area (Å²) in [5.41, 5.74) is 1.60. The predicted octanol–water partition coefficient (Wildman–Crippen LogP) is 3.51. The zero-order chi connectivity index (χ0) is 17.5. The van der Waals surface area contributed by atoms with Crippen LogP contribution in [0.3, 0.4) is 0 Å². The van der Waals surface area contributed by atoms with Crippen LogP contribution in [0.25, 0.3) is 0 Å². The van der Waals surface area contributed by atoms with Gasteiger partial charge in [0, 0.05) is 36.6 Å². The van der Waals surface area contributed by atoms with Crippen LogP contribution in [0.15, 0.2) is 54.6 Å². The van der Waals surface area contributed by atoms with Crippen LogP contribution in [-0.4, -0.2) is 29.8 Å². The van der Waals surface area contributed by atoms with E-state index < -0.39 is 0 Å². The molecule has 0 aromatic heterocycles. The summed E-state index contributed by atoms with van der Waals surface area (Å²) in [6.45, 7) is 2.34. The molecule has 2 rings (SSSR count). The minimum Gasteiger partial charge on any atom is -0.349 e. The lowest BCUT2D eigenvalue weighted by Gasteiger charge is -2.20. The zero-order valence-corrected chi connectivity index (χ0v) is 14.6. The number of carbonyl (C=O) groups excluding carboxylic acids is 2. The molecular weight excluding hydrogens is 324 g/mol. The van der Waals surface area contributed by atoms with Crippen molar-refractivity contribution in [3.63, 3.8) is 0 Å². The fourth-order valence-corrected chi connectivity index (χ4v) is 2.44. The molecule has 0 heterocycles. The van der Waals surface area contributed by atoms with Gasteiger partial charge in [0.15, 0.2) is 0 Å². The normalized spacial score (nSPS) is 11.6. The van der Waals surface area contributed by atoms with Gasteiger partial charge in [-0.15, -0.1) is 0 Å². The molecule has 2 aromatic carbocycles. The topological polar surface area (TPSA) is 49.4 Å². The third-order valence-electron chi connectivity index (χ3n) is 3.65. The van der Waals surface area contributed by atoms with Gasteiger partial charge in [0.1, 0.15) is 0 Å². The number of hydrogen-bond donors (Lipinski definition) is 1. The Morgan fingerprint density at radius 3 is 2.33 bits per heavy atom. The number of nitrogens with one attached hydrogen (secondary N) is 1. The van der Waals surface area contributed by atoms with Crippen LogP contribution in [0.1, 0.15) is 29.3 Å². The first-order valence-electron chi connectivity index (χ1n) is 7.80. The molecule has 0 fully saturated rings. The second kappa shape index (κ2) is 8.50. The summed E-state index contributed by atoms with van der Waals surface area (Å²) in [6.07, 6.45) is 0.253. The zero-order valence-electron chi connectivity index (χ0n) is 13.8. The fraction of sp³-hybridized carbons (Fsp3) is 0.263. The van der Waals surface area contributed by atoms with Crippen LogP contribution in [0, 0.1) is 0 Å². The molecule has 0 aliphatic carbocycles. The van der Waals surface area contributed by atoms with Crippen molar-refractivity contribution < 1.29 is 9.59 Å². The molecule has 2 aromatic rings. The molecule has 126 valence electrons. The van der Waals surface area contributed by atoms with E-state index in [1.54, 1.807) is 36.2 Å². The van der Waals surface area contributed by atoms with Gasteiger partial charge in [0.05, 0.1) is 0 Å². The van der Waals surface area contributed by atoms with Crippen molar-refractivity contribution in [1.82, 2.24) is 10.2 Å². The Hall–Kier alpha value is -2.33. The molecule has 0 saturated heterocycles. The third kappa shape index (κ3) is 5.39. The summed E-state index contributed by atoms with van der Waals surface area (Å²) < 4.78 is 0. The number of nitrogens with zero attached hydrogens (tertiary/aromatic N) is 1. The molecule has 1 atom stereocenters. The lowest BCUT2D eigenvalue weighted by atomic mass is 10.1. The van der Waals surface area contributed by atoms with E-state index in [2.05, 4.69) is 5.32 Å². The van der Waals surface area contributed by atoms with Gasteiger partial charge in [0.2, 0.25) is 5.91 Å². The highest BCUT2D eigenvalue weighted by Crippen LogP contribution is 2.11. The Balaban J connectivity index is 1.84. The summed E-state index contributed by atoms with van der Waals surface area (Å²) in [6, 6.07) is 16.1. The summed E-state index contributed by atoms with van der Waals surface area (Å²) in [5.74, 6) is -0.193. The Morgan fingerprint density at radius 1 is 1.08 bits per heavy atom. The maximum absolute atomic E-state index is 12.3. The Labute approximate surface area is 147 Å². The van der Waals surface area contributed by atoms with Crippen LogP contribution < -0.4 is 5.32 Å². The van der Waals surface area contributed by atoms with Crippen LogP contribution in [0.2, 0.25) is 5.02 Å². The van der Waals surface area contributed by atoms with Crippen molar-refractivity contribution in [2.24, 2.45) is 0 Å². The molecule has 4 nitrogen and oxygen atoms in total. The number of halogens is 1. The van der Waals surface area contributed by atoms with Crippen molar-refractivity contribution in [3.8, 4) is 0 Å². The van der Waals surface area contributed by atoms with Gasteiger partial charge in [-0.2, -0.15) is 0 Å². The van der Waals surface area contributed by atoms with E-state index in [4.69, 9.17) is 11.6 Å². The van der Waals surface area contributed by atoms with Crippen molar-refractivity contribution in [2.45, 2.75) is 25.9 Å². The first-order valence-corrected chi connectivity index (χ1v) is 8.18. The maximum Gasteiger partial charge on any atom is 0.251 e. The molecule has 0 saturated carbocycles. The van der Waals surface area contributed by atoms with E-state index in [-0.39, 0.29) is 24.3 Å². The van der Waals surface area contributed by atoms with Crippen molar-refractivity contribution >= 4 is 23.4 Å². The predicted molar refractivity (Wildman–Crippen MR) is 95.9 cm³/mol. The molecule has 0 spiro atoms.